The van der Waals surface area contributed by atoms with E-state index in [1.807, 2.05) is 42.5 Å². The molecule has 0 unspecified atom stereocenters. The molecule has 26 heavy (non-hydrogen) atoms. The second-order valence-electron chi connectivity index (χ2n) is 5.95. The highest BCUT2D eigenvalue weighted by molar-refractivity contribution is 7.00. The SMILES string of the molecule is CN(Cc1ccc2nsnc2c1)C(=O)c1ccc(Cn2cnnn2)cc1. The number of carbonyl (C=O) groups is 1. The standard InChI is InChI=1S/C17H15N7OS/c1-23(9-13-4-7-15-16(8-13)20-26-19-15)17(25)14-5-2-12(3-6-14)10-24-11-18-21-22-24/h2-8,11H,9-10H2,1H3. The van der Waals surface area contributed by atoms with Crippen LogP contribution >= 0.6 is 11.7 Å². The molecule has 0 atom stereocenters. The molecule has 130 valence electrons. The Morgan fingerprint density at radius 2 is 1.85 bits per heavy atom. The first-order valence-corrected chi connectivity index (χ1v) is 8.68. The van der Waals surface area contributed by atoms with Crippen LogP contribution in [0.25, 0.3) is 11.0 Å². The van der Waals surface area contributed by atoms with Gasteiger partial charge in [-0.2, -0.15) is 8.75 Å². The molecule has 4 rings (SSSR count). The summed E-state index contributed by atoms with van der Waals surface area (Å²) < 4.78 is 10.1. The number of carbonyl (C=O) groups excluding carboxylic acids is 1. The molecule has 8 nitrogen and oxygen atoms in total. The molecule has 2 aromatic heterocycles. The van der Waals surface area contributed by atoms with Crippen LogP contribution in [0.15, 0.2) is 48.8 Å². The number of tetrazole rings is 1. The Bertz CT molecular complexity index is 1030. The van der Waals surface area contributed by atoms with Gasteiger partial charge >= 0.3 is 0 Å². The van der Waals surface area contributed by atoms with E-state index in [1.165, 1.54) is 11.7 Å². The fraction of sp³-hybridized carbons (Fsp3) is 0.176. The minimum Gasteiger partial charge on any atom is -0.337 e. The van der Waals surface area contributed by atoms with Crippen LogP contribution < -0.4 is 0 Å². The van der Waals surface area contributed by atoms with E-state index in [1.54, 1.807) is 23.0 Å². The molecule has 0 saturated heterocycles. The van der Waals surface area contributed by atoms with E-state index in [9.17, 15) is 4.79 Å². The number of rotatable bonds is 5. The van der Waals surface area contributed by atoms with Crippen molar-refractivity contribution in [3.63, 3.8) is 0 Å². The van der Waals surface area contributed by atoms with Crippen LogP contribution in [0.4, 0.5) is 0 Å². The summed E-state index contributed by atoms with van der Waals surface area (Å²) in [7, 11) is 1.79. The van der Waals surface area contributed by atoms with E-state index in [-0.39, 0.29) is 5.91 Å². The van der Waals surface area contributed by atoms with Gasteiger partial charge in [0.1, 0.15) is 17.4 Å². The molecular formula is C17H15N7OS. The summed E-state index contributed by atoms with van der Waals surface area (Å²) in [4.78, 5) is 14.3. The van der Waals surface area contributed by atoms with Gasteiger partial charge in [-0.1, -0.05) is 18.2 Å². The van der Waals surface area contributed by atoms with E-state index in [2.05, 4.69) is 24.3 Å². The highest BCUT2D eigenvalue weighted by Crippen LogP contribution is 2.16. The number of benzene rings is 2. The second-order valence-corrected chi connectivity index (χ2v) is 6.48. The van der Waals surface area contributed by atoms with Crippen LogP contribution in [0.5, 0.6) is 0 Å². The minimum atomic E-state index is -0.0320. The molecular weight excluding hydrogens is 350 g/mol. The third-order valence-corrected chi connectivity index (χ3v) is 4.58. The molecule has 1 amide bonds. The number of hydrogen-bond donors (Lipinski definition) is 0. The molecule has 9 heteroatoms. The highest BCUT2D eigenvalue weighted by Gasteiger charge is 2.13. The van der Waals surface area contributed by atoms with E-state index in [4.69, 9.17) is 0 Å². The van der Waals surface area contributed by atoms with Crippen molar-refractivity contribution in [1.29, 1.82) is 0 Å². The van der Waals surface area contributed by atoms with Gasteiger partial charge in [-0.3, -0.25) is 4.79 Å². The maximum atomic E-state index is 12.7. The average molecular weight is 365 g/mol. The van der Waals surface area contributed by atoms with Crippen molar-refractivity contribution in [2.45, 2.75) is 13.1 Å². The Hall–Kier alpha value is -3.20. The van der Waals surface area contributed by atoms with Crippen molar-refractivity contribution in [3.05, 3.63) is 65.5 Å². The Labute approximate surface area is 153 Å². The third-order valence-electron chi connectivity index (χ3n) is 4.02. The molecule has 0 aliphatic carbocycles. The Morgan fingerprint density at radius 3 is 2.62 bits per heavy atom. The number of hydrogen-bond acceptors (Lipinski definition) is 7. The van der Waals surface area contributed by atoms with Crippen molar-refractivity contribution in [2.75, 3.05) is 7.05 Å². The second kappa shape index (κ2) is 6.96. The lowest BCUT2D eigenvalue weighted by Crippen LogP contribution is -2.26. The fourth-order valence-corrected chi connectivity index (χ4v) is 3.20. The Balaban J connectivity index is 1.44. The molecule has 2 aromatic carbocycles. The van der Waals surface area contributed by atoms with E-state index >= 15 is 0 Å². The fourth-order valence-electron chi connectivity index (χ4n) is 2.68. The van der Waals surface area contributed by atoms with E-state index < -0.39 is 0 Å². The molecule has 0 saturated carbocycles. The zero-order valence-electron chi connectivity index (χ0n) is 14.0. The maximum Gasteiger partial charge on any atom is 0.253 e. The van der Waals surface area contributed by atoms with Crippen LogP contribution in [-0.4, -0.2) is 46.8 Å². The lowest BCUT2D eigenvalue weighted by Gasteiger charge is -2.17. The number of fused-ring (bicyclic) bond motifs is 1. The monoisotopic (exact) mass is 365 g/mol. The summed E-state index contributed by atoms with van der Waals surface area (Å²) in [6.07, 6.45) is 1.56. The molecule has 0 N–H and O–H groups in total. The van der Waals surface area contributed by atoms with Gasteiger partial charge in [0.15, 0.2) is 0 Å². The normalized spacial score (nSPS) is 11.0. The van der Waals surface area contributed by atoms with Gasteiger partial charge in [-0.15, -0.1) is 5.10 Å². The molecule has 0 aliphatic rings. The van der Waals surface area contributed by atoms with Gasteiger partial charge in [-0.25, -0.2) is 4.68 Å². The molecule has 0 bridgehead atoms. The van der Waals surface area contributed by atoms with Crippen molar-refractivity contribution in [3.8, 4) is 0 Å². The first-order valence-electron chi connectivity index (χ1n) is 7.95. The molecule has 0 fully saturated rings. The average Bonchev–Trinajstić information content (AvgIpc) is 3.33. The summed E-state index contributed by atoms with van der Waals surface area (Å²) in [6, 6.07) is 13.4. The number of aromatic nitrogens is 6. The predicted octanol–water partition coefficient (Wildman–Crippen LogP) is 2.00. The zero-order valence-corrected chi connectivity index (χ0v) is 14.8. The Morgan fingerprint density at radius 1 is 1.08 bits per heavy atom. The van der Waals surface area contributed by atoms with Gasteiger partial charge < -0.3 is 4.90 Å². The van der Waals surface area contributed by atoms with Gasteiger partial charge in [0.25, 0.3) is 5.91 Å². The highest BCUT2D eigenvalue weighted by atomic mass is 32.1. The van der Waals surface area contributed by atoms with Gasteiger partial charge in [-0.05, 0) is 45.8 Å². The Kier molecular flexibility index (Phi) is 4.36. The van der Waals surface area contributed by atoms with E-state index in [0.717, 1.165) is 22.2 Å². The van der Waals surface area contributed by atoms with Crippen molar-refractivity contribution >= 4 is 28.7 Å². The number of amides is 1. The first kappa shape index (κ1) is 16.3. The summed E-state index contributed by atoms with van der Waals surface area (Å²) in [5.74, 6) is -0.0320. The quantitative estimate of drug-likeness (QED) is 0.537. The van der Waals surface area contributed by atoms with Crippen molar-refractivity contribution in [2.24, 2.45) is 0 Å². The first-order chi connectivity index (χ1) is 12.7. The molecule has 0 radical (unpaired) electrons. The van der Waals surface area contributed by atoms with Crippen LogP contribution in [-0.2, 0) is 13.1 Å². The summed E-state index contributed by atoms with van der Waals surface area (Å²) in [5, 5.41) is 11.0. The minimum absolute atomic E-state index is 0.0320. The van der Waals surface area contributed by atoms with Crippen LogP contribution in [0.3, 0.4) is 0 Å². The topological polar surface area (TPSA) is 89.7 Å². The number of nitrogens with zero attached hydrogens (tertiary/aromatic N) is 7. The molecule has 0 aliphatic heterocycles. The molecule has 2 heterocycles. The van der Waals surface area contributed by atoms with Crippen LogP contribution in [0, 0.1) is 0 Å². The molecule has 4 aromatic rings. The smallest absolute Gasteiger partial charge is 0.253 e. The summed E-state index contributed by atoms with van der Waals surface area (Å²) in [5.41, 5.74) is 4.44. The third kappa shape index (κ3) is 3.42. The van der Waals surface area contributed by atoms with Crippen molar-refractivity contribution in [1.82, 2.24) is 33.9 Å². The largest absolute Gasteiger partial charge is 0.337 e. The van der Waals surface area contributed by atoms with Crippen molar-refractivity contribution < 1.29 is 4.79 Å². The van der Waals surface area contributed by atoms with Crippen LogP contribution in [0.1, 0.15) is 21.5 Å². The lowest BCUT2D eigenvalue weighted by molar-refractivity contribution is 0.0785. The maximum absolute atomic E-state index is 12.7. The van der Waals surface area contributed by atoms with Crippen LogP contribution in [0.2, 0.25) is 0 Å². The van der Waals surface area contributed by atoms with Gasteiger partial charge in [0, 0.05) is 19.2 Å². The van der Waals surface area contributed by atoms with Gasteiger partial charge in [0.2, 0.25) is 0 Å². The van der Waals surface area contributed by atoms with Gasteiger partial charge in [0.05, 0.1) is 18.3 Å². The summed E-state index contributed by atoms with van der Waals surface area (Å²) >= 11 is 1.19. The lowest BCUT2D eigenvalue weighted by atomic mass is 10.1. The van der Waals surface area contributed by atoms with E-state index in [0.29, 0.717) is 18.7 Å². The summed E-state index contributed by atoms with van der Waals surface area (Å²) in [6.45, 7) is 1.08. The zero-order chi connectivity index (χ0) is 17.9. The predicted molar refractivity (Wildman–Crippen MR) is 96.6 cm³/mol. The molecule has 0 spiro atoms.